The summed E-state index contributed by atoms with van der Waals surface area (Å²) < 4.78 is 6.76. The third-order valence-corrected chi connectivity index (χ3v) is 10.2. The first-order valence-corrected chi connectivity index (χ1v) is 17.1. The average molecular weight is 653 g/mol. The number of hydrogen-bond acceptors (Lipinski definition) is 3. The molecule has 6 nitrogen and oxygen atoms in total. The summed E-state index contributed by atoms with van der Waals surface area (Å²) in [5, 5.41) is 5.92. The van der Waals surface area contributed by atoms with Crippen LogP contribution < -0.4 is 0 Å². The highest BCUT2D eigenvalue weighted by molar-refractivity contribution is 6.13. The van der Waals surface area contributed by atoms with Gasteiger partial charge in [-0.3, -0.25) is 9.55 Å². The number of benzene rings is 5. The molecule has 0 N–H and O–H groups in total. The van der Waals surface area contributed by atoms with Gasteiger partial charge in [0.2, 0.25) is 0 Å². The fraction of sp³-hybridized carbons (Fsp3) is 0. The van der Waals surface area contributed by atoms with Gasteiger partial charge >= 0.3 is 0 Å². The Morgan fingerprint density at radius 1 is 0.353 bits per heavy atom. The summed E-state index contributed by atoms with van der Waals surface area (Å²) in [5.74, 6) is 0.803. The number of para-hydroxylation sites is 3. The third-order valence-electron chi connectivity index (χ3n) is 10.2. The molecule has 0 unspecified atom stereocenters. The summed E-state index contributed by atoms with van der Waals surface area (Å²) in [6, 6.07) is 53.9. The lowest BCUT2D eigenvalue weighted by Gasteiger charge is -2.11. The molecule has 0 atom stereocenters. The Bertz CT molecular complexity index is 3080. The van der Waals surface area contributed by atoms with Gasteiger partial charge in [-0.25, -0.2) is 9.97 Å². The SMILES string of the molecule is c1ccc(-n2c3ccccc3c3cc(-c4ccc5c(c4)c4ccccc4n5-c4ccc(-n5c6cccnc6c6cccnc65)nc4)ccc32)cc1. The minimum absolute atomic E-state index is 0.803. The van der Waals surface area contributed by atoms with Gasteiger partial charge in [0.05, 0.1) is 45.0 Å². The molecule has 11 rings (SSSR count). The van der Waals surface area contributed by atoms with E-state index in [1.807, 2.05) is 30.7 Å². The molecular formula is C45H28N6. The van der Waals surface area contributed by atoms with Crippen LogP contribution in [0.5, 0.6) is 0 Å². The lowest BCUT2D eigenvalue weighted by atomic mass is 10.0. The van der Waals surface area contributed by atoms with Gasteiger partial charge in [0, 0.05) is 45.0 Å². The van der Waals surface area contributed by atoms with Crippen LogP contribution in [0.25, 0.3) is 94.0 Å². The molecule has 6 aromatic heterocycles. The average Bonchev–Trinajstić information content (AvgIpc) is 3.84. The molecule has 238 valence electrons. The van der Waals surface area contributed by atoms with Gasteiger partial charge in [-0.15, -0.1) is 0 Å². The van der Waals surface area contributed by atoms with E-state index in [9.17, 15) is 0 Å². The van der Waals surface area contributed by atoms with E-state index in [2.05, 4.69) is 158 Å². The predicted octanol–water partition coefficient (Wildman–Crippen LogP) is 10.8. The maximum absolute atomic E-state index is 5.01. The summed E-state index contributed by atoms with van der Waals surface area (Å²) in [6.07, 6.45) is 5.61. The number of aromatic nitrogens is 6. The zero-order chi connectivity index (χ0) is 33.5. The lowest BCUT2D eigenvalue weighted by molar-refractivity contribution is 1.04. The number of nitrogens with zero attached hydrogens (tertiary/aromatic N) is 6. The van der Waals surface area contributed by atoms with Crippen LogP contribution in [0, 0.1) is 0 Å². The molecular weight excluding hydrogens is 625 g/mol. The minimum atomic E-state index is 0.803. The van der Waals surface area contributed by atoms with E-state index >= 15 is 0 Å². The second-order valence-electron chi connectivity index (χ2n) is 13.0. The Balaban J connectivity index is 1.05. The van der Waals surface area contributed by atoms with E-state index in [4.69, 9.17) is 9.97 Å². The Morgan fingerprint density at radius 3 is 1.61 bits per heavy atom. The van der Waals surface area contributed by atoms with E-state index in [1.165, 1.54) is 43.7 Å². The summed E-state index contributed by atoms with van der Waals surface area (Å²) in [6.45, 7) is 0. The molecule has 0 amide bonds. The Kier molecular flexibility index (Phi) is 5.86. The van der Waals surface area contributed by atoms with Crippen LogP contribution in [0.3, 0.4) is 0 Å². The van der Waals surface area contributed by atoms with Crippen molar-refractivity contribution in [2.24, 2.45) is 0 Å². The summed E-state index contributed by atoms with van der Waals surface area (Å²) in [4.78, 5) is 14.4. The van der Waals surface area contributed by atoms with E-state index < -0.39 is 0 Å². The maximum atomic E-state index is 5.01. The van der Waals surface area contributed by atoms with Crippen LogP contribution in [0.2, 0.25) is 0 Å². The largest absolute Gasteiger partial charge is 0.309 e. The molecule has 6 heteroatoms. The molecule has 0 saturated carbocycles. The van der Waals surface area contributed by atoms with Gasteiger partial charge in [-0.1, -0.05) is 66.7 Å². The number of pyridine rings is 3. The lowest BCUT2D eigenvalue weighted by Crippen LogP contribution is -2.01. The van der Waals surface area contributed by atoms with Crippen LogP contribution in [-0.4, -0.2) is 28.7 Å². The van der Waals surface area contributed by atoms with Crippen molar-refractivity contribution in [1.29, 1.82) is 0 Å². The zero-order valence-corrected chi connectivity index (χ0v) is 27.3. The van der Waals surface area contributed by atoms with Crippen molar-refractivity contribution in [2.75, 3.05) is 0 Å². The quantitative estimate of drug-likeness (QED) is 0.190. The molecule has 51 heavy (non-hydrogen) atoms. The molecule has 0 aliphatic heterocycles. The molecule has 5 aromatic carbocycles. The monoisotopic (exact) mass is 652 g/mol. The van der Waals surface area contributed by atoms with Gasteiger partial charge < -0.3 is 9.13 Å². The van der Waals surface area contributed by atoms with Gasteiger partial charge in [0.15, 0.2) is 0 Å². The molecule has 0 saturated heterocycles. The molecule has 11 aromatic rings. The van der Waals surface area contributed by atoms with Crippen molar-refractivity contribution < 1.29 is 0 Å². The second kappa shape index (κ2) is 10.7. The number of hydrogen-bond donors (Lipinski definition) is 0. The van der Waals surface area contributed by atoms with Crippen LogP contribution in [0.4, 0.5) is 0 Å². The molecule has 6 heterocycles. The molecule has 0 bridgehead atoms. The molecule has 0 aliphatic rings. The van der Waals surface area contributed by atoms with Crippen molar-refractivity contribution in [3.63, 3.8) is 0 Å². The Morgan fingerprint density at radius 2 is 0.922 bits per heavy atom. The highest BCUT2D eigenvalue weighted by Gasteiger charge is 2.18. The van der Waals surface area contributed by atoms with Crippen LogP contribution >= 0.6 is 0 Å². The van der Waals surface area contributed by atoms with Gasteiger partial charge in [0.1, 0.15) is 11.5 Å². The number of fused-ring (bicyclic) bond motifs is 9. The summed E-state index contributed by atoms with van der Waals surface area (Å²) in [5.41, 5.74) is 12.0. The van der Waals surface area contributed by atoms with Crippen molar-refractivity contribution in [3.05, 3.63) is 170 Å². The molecule has 0 radical (unpaired) electrons. The summed E-state index contributed by atoms with van der Waals surface area (Å²) >= 11 is 0. The van der Waals surface area contributed by atoms with E-state index in [0.29, 0.717) is 0 Å². The van der Waals surface area contributed by atoms with Gasteiger partial charge in [-0.2, -0.15) is 0 Å². The van der Waals surface area contributed by atoms with Gasteiger partial charge in [-0.05, 0) is 96.1 Å². The Labute approximate surface area is 292 Å². The van der Waals surface area contributed by atoms with Crippen molar-refractivity contribution >= 4 is 65.7 Å². The van der Waals surface area contributed by atoms with E-state index in [-0.39, 0.29) is 0 Å². The first kappa shape index (κ1) is 27.9. The second-order valence-corrected chi connectivity index (χ2v) is 13.0. The fourth-order valence-electron chi connectivity index (χ4n) is 7.97. The molecule has 0 spiro atoms. The maximum Gasteiger partial charge on any atom is 0.148 e. The molecule has 0 fully saturated rings. The van der Waals surface area contributed by atoms with E-state index in [1.54, 1.807) is 0 Å². The van der Waals surface area contributed by atoms with Crippen molar-refractivity contribution in [1.82, 2.24) is 28.7 Å². The van der Waals surface area contributed by atoms with Crippen LogP contribution in [0.1, 0.15) is 0 Å². The predicted molar refractivity (Wildman–Crippen MR) is 208 cm³/mol. The third kappa shape index (κ3) is 4.07. The van der Waals surface area contributed by atoms with E-state index in [0.717, 1.165) is 50.3 Å². The normalized spacial score (nSPS) is 11.9. The van der Waals surface area contributed by atoms with Crippen LogP contribution in [0.15, 0.2) is 170 Å². The smallest absolute Gasteiger partial charge is 0.148 e. The minimum Gasteiger partial charge on any atom is -0.309 e. The number of rotatable bonds is 4. The highest BCUT2D eigenvalue weighted by atomic mass is 15.1. The topological polar surface area (TPSA) is 53.5 Å². The Hall–Kier alpha value is -7.05. The van der Waals surface area contributed by atoms with Crippen LogP contribution in [-0.2, 0) is 0 Å². The zero-order valence-electron chi connectivity index (χ0n) is 27.3. The summed E-state index contributed by atoms with van der Waals surface area (Å²) in [7, 11) is 0. The first-order valence-electron chi connectivity index (χ1n) is 17.1. The van der Waals surface area contributed by atoms with Crippen molar-refractivity contribution in [2.45, 2.75) is 0 Å². The first-order chi connectivity index (χ1) is 25.3. The van der Waals surface area contributed by atoms with Gasteiger partial charge in [0.25, 0.3) is 0 Å². The fourth-order valence-corrected chi connectivity index (χ4v) is 7.97. The van der Waals surface area contributed by atoms with Crippen molar-refractivity contribution in [3.8, 4) is 28.3 Å². The highest BCUT2D eigenvalue weighted by Crippen LogP contribution is 2.38. The molecule has 0 aliphatic carbocycles. The standard InChI is InChI=1S/C45H28N6/c1-2-10-31(11-3-1)49-38-15-6-4-12-33(38)36-26-29(18-21-40(36)49)30-19-22-41-37(27-30)34-13-5-7-16-39(34)50(41)32-20-23-43(48-28-32)51-42-17-9-24-46-44(42)35-14-8-25-47-45(35)51/h1-28H.